The highest BCUT2D eigenvalue weighted by Gasteiger charge is 2.21. The van der Waals surface area contributed by atoms with E-state index in [1.807, 2.05) is 24.4 Å². The third kappa shape index (κ3) is 11.4. The molecule has 23 aromatic rings. The van der Waals surface area contributed by atoms with Gasteiger partial charge in [0.1, 0.15) is 0 Å². The Morgan fingerprint density at radius 3 is 0.895 bits per heavy atom. The molecule has 6 nitrogen and oxygen atoms in total. The molecule has 23 rings (SSSR count). The van der Waals surface area contributed by atoms with Crippen LogP contribution in [0, 0.1) is 0 Å². The smallest absolute Gasteiger partial charge is 0.0716 e. The summed E-state index contributed by atoms with van der Waals surface area (Å²) < 4.78 is 9.59. The highest BCUT2D eigenvalue weighted by molar-refractivity contribution is 6.15. The number of para-hydroxylation sites is 4. The third-order valence-corrected chi connectivity index (χ3v) is 23.0. The minimum absolute atomic E-state index is 0.942. The van der Waals surface area contributed by atoms with E-state index >= 15 is 0 Å². The van der Waals surface area contributed by atoms with Crippen molar-refractivity contribution in [3.05, 3.63) is 425 Å². The number of aromatic nitrogens is 6. The van der Waals surface area contributed by atoms with Crippen molar-refractivity contribution < 1.29 is 0 Å². The number of fused-ring (bicyclic) bond motifs is 14. The van der Waals surface area contributed by atoms with E-state index in [1.165, 1.54) is 148 Å². The Bertz CT molecular complexity index is 7640. The first-order valence-electron chi connectivity index (χ1n) is 39.0. The van der Waals surface area contributed by atoms with Gasteiger partial charge in [0.15, 0.2) is 0 Å². The van der Waals surface area contributed by atoms with Crippen molar-refractivity contribution in [2.75, 3.05) is 0 Å². The van der Waals surface area contributed by atoms with Gasteiger partial charge in [-0.25, -0.2) is 4.98 Å². The van der Waals surface area contributed by atoms with Gasteiger partial charge in [-0.2, -0.15) is 0 Å². The fourth-order valence-electron chi connectivity index (χ4n) is 17.5. The Hall–Kier alpha value is -15.2. The van der Waals surface area contributed by atoms with Crippen LogP contribution >= 0.6 is 0 Å². The van der Waals surface area contributed by atoms with Crippen LogP contribution in [0.1, 0.15) is 0 Å². The molecular weight excluding hydrogens is 1380 g/mol. The van der Waals surface area contributed by atoms with Crippen molar-refractivity contribution in [2.45, 2.75) is 0 Å². The zero-order chi connectivity index (χ0) is 75.2. The molecule has 0 radical (unpaired) electrons. The third-order valence-electron chi connectivity index (χ3n) is 23.0. The summed E-state index contributed by atoms with van der Waals surface area (Å²) in [6, 6.07) is 151. The van der Waals surface area contributed by atoms with E-state index in [-0.39, 0.29) is 0 Å². The van der Waals surface area contributed by atoms with E-state index in [2.05, 4.69) is 419 Å². The van der Waals surface area contributed by atoms with Crippen LogP contribution in [-0.2, 0) is 0 Å². The second-order valence-electron chi connectivity index (χ2n) is 29.7. The second kappa shape index (κ2) is 27.4. The Kier molecular flexibility index (Phi) is 15.8. The fraction of sp³-hybridized carbons (Fsp3) is 0. The molecule has 532 valence electrons. The predicted octanol–water partition coefficient (Wildman–Crippen LogP) is 28.5. The van der Waals surface area contributed by atoms with Crippen LogP contribution in [0.3, 0.4) is 0 Å². The summed E-state index contributed by atoms with van der Waals surface area (Å²) in [5.41, 5.74) is 29.7. The molecule has 0 unspecified atom stereocenters. The minimum atomic E-state index is 0.942. The molecule has 0 aliphatic heterocycles. The largest absolute Gasteiger partial charge is 0.309 e. The van der Waals surface area contributed by atoms with Crippen molar-refractivity contribution >= 4 is 109 Å². The summed E-state index contributed by atoms with van der Waals surface area (Å²) in [6.07, 6.45) is 1.97. The predicted molar refractivity (Wildman–Crippen MR) is 479 cm³/mol. The van der Waals surface area contributed by atoms with Crippen LogP contribution in [0.15, 0.2) is 425 Å². The van der Waals surface area contributed by atoms with E-state index < -0.39 is 0 Å². The maximum Gasteiger partial charge on any atom is 0.0716 e. The van der Waals surface area contributed by atoms with Crippen molar-refractivity contribution in [3.63, 3.8) is 0 Å². The van der Waals surface area contributed by atoms with Gasteiger partial charge in [0.2, 0.25) is 0 Å². The maximum atomic E-state index is 5.25. The summed E-state index contributed by atoms with van der Waals surface area (Å²) in [6.45, 7) is 0. The van der Waals surface area contributed by atoms with Crippen LogP contribution in [0.5, 0.6) is 0 Å². The molecule has 6 heterocycles. The van der Waals surface area contributed by atoms with Gasteiger partial charge < -0.3 is 18.3 Å². The number of nitrogens with zero attached hydrogens (tertiary/aromatic N) is 6. The average Bonchev–Trinajstić information content (AvgIpc) is 1.59. The van der Waals surface area contributed by atoms with E-state index in [0.717, 1.165) is 61.8 Å². The van der Waals surface area contributed by atoms with Crippen molar-refractivity contribution in [3.8, 4) is 101 Å². The number of hydrogen-bond donors (Lipinski definition) is 0. The summed E-state index contributed by atoms with van der Waals surface area (Å²) in [4.78, 5) is 10.0. The topological polar surface area (TPSA) is 45.5 Å². The van der Waals surface area contributed by atoms with Crippen molar-refractivity contribution in [1.82, 2.24) is 28.2 Å². The lowest BCUT2D eigenvalue weighted by Crippen LogP contribution is -1.96. The van der Waals surface area contributed by atoms with Gasteiger partial charge in [-0.15, -0.1) is 0 Å². The lowest BCUT2D eigenvalue weighted by atomic mass is 10.00. The van der Waals surface area contributed by atoms with Gasteiger partial charge in [-0.05, 0) is 200 Å². The molecule has 0 aliphatic carbocycles. The first-order chi connectivity index (χ1) is 56.5. The molecule has 0 saturated carbocycles. The van der Waals surface area contributed by atoms with E-state index in [4.69, 9.17) is 9.97 Å². The van der Waals surface area contributed by atoms with E-state index in [9.17, 15) is 0 Å². The first kappa shape index (κ1) is 65.8. The van der Waals surface area contributed by atoms with Gasteiger partial charge >= 0.3 is 0 Å². The summed E-state index contributed by atoms with van der Waals surface area (Å²) >= 11 is 0. The molecule has 0 atom stereocenters. The standard InChI is InChI=1S/C57H37N3.C51H33N3/c1-3-14-38(15-4-1)45-36-52(40-17-5-2-6-18-40)58-53(37-45)44-20-13-21-46(33-44)59-54-24-11-9-22-48(54)50-34-42(27-30-56(50)59)43-28-31-57-51(35-43)49-23-10-12-25-55(49)60(57)47-29-26-39-16-7-8-19-41(39)32-47;1-2-11-36(12-3-1)47-27-21-40(33-52-47)35-18-24-41(25-19-35)53-48-16-8-6-14-43(48)45-31-38(22-28-50(45)53)39-23-29-51-46(32-39)44-15-7-9-17-49(44)54(51)42-26-20-34-10-4-5-13-37(34)30-42/h1-37H;1-33H. The van der Waals surface area contributed by atoms with Gasteiger partial charge in [0.05, 0.1) is 61.2 Å². The van der Waals surface area contributed by atoms with E-state index in [1.54, 1.807) is 0 Å². The number of hydrogen-bond acceptors (Lipinski definition) is 2. The molecule has 0 bridgehead atoms. The highest BCUT2D eigenvalue weighted by atomic mass is 15.0. The second-order valence-corrected chi connectivity index (χ2v) is 29.7. The molecule has 0 fully saturated rings. The normalized spacial score (nSPS) is 11.7. The lowest BCUT2D eigenvalue weighted by Gasteiger charge is -2.13. The SMILES string of the molecule is c1ccc(-c2cc(-c3ccccc3)nc(-c3cccc(-n4c5ccccc5c5cc(-c6ccc7c(c6)c6ccccc6n7-c6ccc7ccccc7c6)ccc54)c3)c2)cc1.c1ccc(-c2ccc(-c3ccc(-n4c5ccccc5c5cc(-c6ccc7c(c6)c6ccccc6n7-c6ccc7ccccc7c6)ccc54)cc3)cn2)cc1. The molecule has 0 spiro atoms. The molecule has 0 amide bonds. The Morgan fingerprint density at radius 1 is 0.149 bits per heavy atom. The molecule has 0 saturated heterocycles. The Balaban J connectivity index is 0.000000140. The molecule has 114 heavy (non-hydrogen) atoms. The summed E-state index contributed by atoms with van der Waals surface area (Å²) in [7, 11) is 0. The van der Waals surface area contributed by atoms with Crippen LogP contribution in [0.25, 0.3) is 210 Å². The monoisotopic (exact) mass is 1450 g/mol. The van der Waals surface area contributed by atoms with Gasteiger partial charge in [-0.3, -0.25) is 4.98 Å². The zero-order valence-corrected chi connectivity index (χ0v) is 62.1. The first-order valence-corrected chi connectivity index (χ1v) is 39.0. The average molecular weight is 1450 g/mol. The van der Waals surface area contributed by atoms with Crippen LogP contribution < -0.4 is 0 Å². The quantitative estimate of drug-likeness (QED) is 0.130. The van der Waals surface area contributed by atoms with Gasteiger partial charge in [0.25, 0.3) is 0 Å². The molecular formula is C108H70N6. The molecule has 0 aliphatic rings. The van der Waals surface area contributed by atoms with Gasteiger partial charge in [0, 0.05) is 94.3 Å². The summed E-state index contributed by atoms with van der Waals surface area (Å²) in [5, 5.41) is 14.9. The number of rotatable bonds is 11. The van der Waals surface area contributed by atoms with Crippen LogP contribution in [-0.4, -0.2) is 28.2 Å². The molecule has 6 heteroatoms. The summed E-state index contributed by atoms with van der Waals surface area (Å²) in [5.74, 6) is 0. The Morgan fingerprint density at radius 2 is 0.465 bits per heavy atom. The fourth-order valence-corrected chi connectivity index (χ4v) is 17.5. The number of benzene rings is 17. The Labute approximate surface area is 658 Å². The minimum Gasteiger partial charge on any atom is -0.309 e. The zero-order valence-electron chi connectivity index (χ0n) is 62.1. The van der Waals surface area contributed by atoms with Crippen molar-refractivity contribution in [2.24, 2.45) is 0 Å². The van der Waals surface area contributed by atoms with Crippen LogP contribution in [0.4, 0.5) is 0 Å². The van der Waals surface area contributed by atoms with E-state index in [0.29, 0.717) is 0 Å². The molecule has 17 aromatic carbocycles. The molecule has 0 N–H and O–H groups in total. The van der Waals surface area contributed by atoms with Crippen molar-refractivity contribution in [1.29, 1.82) is 0 Å². The van der Waals surface area contributed by atoms with Gasteiger partial charge in [-0.1, -0.05) is 279 Å². The lowest BCUT2D eigenvalue weighted by molar-refractivity contribution is 1.18. The maximum absolute atomic E-state index is 5.25. The highest BCUT2D eigenvalue weighted by Crippen LogP contribution is 2.43. The van der Waals surface area contributed by atoms with Crippen LogP contribution in [0.2, 0.25) is 0 Å². The number of pyridine rings is 2. The molecule has 6 aromatic heterocycles.